The first-order valence-electron chi connectivity index (χ1n) is 8.48. The summed E-state index contributed by atoms with van der Waals surface area (Å²) in [5.74, 6) is 0.700. The second-order valence-corrected chi connectivity index (χ2v) is 6.54. The van der Waals surface area contributed by atoms with Crippen molar-refractivity contribution in [3.8, 4) is 5.69 Å². The number of halogens is 1. The highest BCUT2D eigenvalue weighted by Crippen LogP contribution is 2.25. The Morgan fingerprint density at radius 3 is 2.42 bits per heavy atom. The molecule has 0 saturated heterocycles. The zero-order chi connectivity index (χ0) is 17.9. The van der Waals surface area contributed by atoms with Crippen LogP contribution in [0.5, 0.6) is 0 Å². The lowest BCUT2D eigenvalue weighted by molar-refractivity contribution is 0.785. The van der Waals surface area contributed by atoms with E-state index in [1.807, 2.05) is 48.5 Å². The van der Waals surface area contributed by atoms with E-state index in [4.69, 9.17) is 11.6 Å². The van der Waals surface area contributed by atoms with E-state index in [1.54, 1.807) is 10.9 Å². The Morgan fingerprint density at radius 1 is 1.00 bits per heavy atom. The maximum Gasteiger partial charge on any atom is 0.226 e. The van der Waals surface area contributed by atoms with Crippen molar-refractivity contribution in [3.63, 3.8) is 0 Å². The molecule has 0 bridgehead atoms. The number of aromatic nitrogens is 4. The Balaban J connectivity index is 1.66. The monoisotopic (exact) mass is 363 g/mol. The zero-order valence-corrected chi connectivity index (χ0v) is 15.1. The van der Waals surface area contributed by atoms with E-state index < -0.39 is 0 Å². The molecule has 2 aromatic carbocycles. The van der Waals surface area contributed by atoms with Gasteiger partial charge in [-0.1, -0.05) is 48.5 Å². The van der Waals surface area contributed by atoms with E-state index in [2.05, 4.69) is 39.4 Å². The molecule has 0 spiro atoms. The van der Waals surface area contributed by atoms with Crippen LogP contribution in [0.2, 0.25) is 5.28 Å². The van der Waals surface area contributed by atoms with E-state index in [0.29, 0.717) is 11.5 Å². The van der Waals surface area contributed by atoms with E-state index in [9.17, 15) is 0 Å². The van der Waals surface area contributed by atoms with Gasteiger partial charge in [-0.05, 0) is 42.6 Å². The maximum absolute atomic E-state index is 6.18. The smallest absolute Gasteiger partial charge is 0.226 e. The summed E-state index contributed by atoms with van der Waals surface area (Å²) in [5, 5.41) is 8.97. The Hall–Kier alpha value is -2.92. The van der Waals surface area contributed by atoms with Gasteiger partial charge < -0.3 is 5.32 Å². The molecule has 4 aromatic rings. The third-order valence-electron chi connectivity index (χ3n) is 4.17. The molecule has 0 aliphatic carbocycles. The molecular formula is C20H18ClN5. The normalized spacial score (nSPS) is 12.2. The van der Waals surface area contributed by atoms with Crippen molar-refractivity contribution < 1.29 is 0 Å². The molecule has 0 amide bonds. The van der Waals surface area contributed by atoms with E-state index >= 15 is 0 Å². The van der Waals surface area contributed by atoms with Gasteiger partial charge in [0.25, 0.3) is 0 Å². The summed E-state index contributed by atoms with van der Waals surface area (Å²) >= 11 is 6.18. The Morgan fingerprint density at radius 2 is 1.69 bits per heavy atom. The molecule has 6 heteroatoms. The van der Waals surface area contributed by atoms with Crippen LogP contribution in [-0.4, -0.2) is 25.8 Å². The van der Waals surface area contributed by atoms with Crippen LogP contribution >= 0.6 is 11.6 Å². The predicted octanol–water partition coefficient (Wildman–Crippen LogP) is 4.51. The van der Waals surface area contributed by atoms with Gasteiger partial charge >= 0.3 is 0 Å². The second-order valence-electron chi connectivity index (χ2n) is 6.21. The SMILES string of the molecule is C[C@H](Cc1ccccc1)Nc1nc(Cl)nc2c1cnn2-c1ccccc1. The Labute approximate surface area is 156 Å². The van der Waals surface area contributed by atoms with Gasteiger partial charge in [-0.25, -0.2) is 4.68 Å². The van der Waals surface area contributed by atoms with Gasteiger partial charge in [0.2, 0.25) is 5.28 Å². The molecule has 0 fully saturated rings. The van der Waals surface area contributed by atoms with E-state index in [0.717, 1.165) is 17.5 Å². The highest BCUT2D eigenvalue weighted by atomic mass is 35.5. The third kappa shape index (κ3) is 3.39. The number of anilines is 1. The largest absolute Gasteiger partial charge is 0.367 e. The molecule has 5 nitrogen and oxygen atoms in total. The summed E-state index contributed by atoms with van der Waals surface area (Å²) in [4.78, 5) is 8.76. The van der Waals surface area contributed by atoms with Crippen LogP contribution in [0.25, 0.3) is 16.7 Å². The average molecular weight is 364 g/mol. The number of benzene rings is 2. The molecule has 0 aliphatic rings. The number of nitrogens with zero attached hydrogens (tertiary/aromatic N) is 4. The van der Waals surface area contributed by atoms with Crippen molar-refractivity contribution in [3.05, 3.63) is 77.7 Å². The zero-order valence-electron chi connectivity index (χ0n) is 14.3. The van der Waals surface area contributed by atoms with Crippen molar-refractivity contribution in [1.29, 1.82) is 0 Å². The molecule has 0 radical (unpaired) electrons. The summed E-state index contributed by atoms with van der Waals surface area (Å²) in [6.07, 6.45) is 2.66. The number of nitrogens with one attached hydrogen (secondary N) is 1. The minimum atomic E-state index is 0.187. The third-order valence-corrected chi connectivity index (χ3v) is 4.34. The van der Waals surface area contributed by atoms with Crippen LogP contribution in [-0.2, 0) is 6.42 Å². The minimum Gasteiger partial charge on any atom is -0.367 e. The van der Waals surface area contributed by atoms with Gasteiger partial charge in [0.15, 0.2) is 5.65 Å². The maximum atomic E-state index is 6.18. The molecule has 2 heterocycles. The van der Waals surface area contributed by atoms with Crippen LogP contribution < -0.4 is 5.32 Å². The van der Waals surface area contributed by atoms with Crippen molar-refractivity contribution >= 4 is 28.5 Å². The van der Waals surface area contributed by atoms with Gasteiger partial charge in [0.05, 0.1) is 17.3 Å². The van der Waals surface area contributed by atoms with Crippen LogP contribution in [0.15, 0.2) is 66.9 Å². The van der Waals surface area contributed by atoms with Gasteiger partial charge in [0, 0.05) is 6.04 Å². The number of fused-ring (bicyclic) bond motifs is 1. The fourth-order valence-corrected chi connectivity index (χ4v) is 3.17. The van der Waals surface area contributed by atoms with Crippen molar-refractivity contribution in [1.82, 2.24) is 19.7 Å². The lowest BCUT2D eigenvalue weighted by atomic mass is 10.1. The minimum absolute atomic E-state index is 0.187. The van der Waals surface area contributed by atoms with Gasteiger partial charge in [-0.15, -0.1) is 0 Å². The summed E-state index contributed by atoms with van der Waals surface area (Å²) in [6.45, 7) is 2.12. The van der Waals surface area contributed by atoms with Crippen LogP contribution in [0.3, 0.4) is 0 Å². The standard InChI is InChI=1S/C20H18ClN5/c1-14(12-15-8-4-2-5-9-15)23-18-17-13-22-26(16-10-6-3-7-11-16)19(17)25-20(21)24-18/h2-11,13-14H,12H2,1H3,(H,23,24,25)/t14-/m1/s1. The first kappa shape index (κ1) is 16.5. The first-order chi connectivity index (χ1) is 12.7. The van der Waals surface area contributed by atoms with Crippen LogP contribution in [0.4, 0.5) is 5.82 Å². The molecule has 1 atom stereocenters. The van der Waals surface area contributed by atoms with Crippen molar-refractivity contribution in [2.45, 2.75) is 19.4 Å². The lowest BCUT2D eigenvalue weighted by Gasteiger charge is -2.15. The molecule has 1 N–H and O–H groups in total. The second kappa shape index (κ2) is 7.14. The Bertz CT molecular complexity index is 1010. The van der Waals surface area contributed by atoms with Gasteiger partial charge in [-0.3, -0.25) is 0 Å². The topological polar surface area (TPSA) is 55.6 Å². The summed E-state index contributed by atoms with van der Waals surface area (Å²) in [7, 11) is 0. The predicted molar refractivity (Wildman–Crippen MR) is 105 cm³/mol. The van der Waals surface area contributed by atoms with Crippen molar-refractivity contribution in [2.75, 3.05) is 5.32 Å². The quantitative estimate of drug-likeness (QED) is 0.530. The molecule has 0 aliphatic heterocycles. The Kier molecular flexibility index (Phi) is 4.54. The molecule has 0 unspecified atom stereocenters. The number of para-hydroxylation sites is 1. The highest BCUT2D eigenvalue weighted by molar-refractivity contribution is 6.28. The summed E-state index contributed by atoms with van der Waals surface area (Å²) < 4.78 is 1.77. The summed E-state index contributed by atoms with van der Waals surface area (Å²) in [6, 6.07) is 20.4. The lowest BCUT2D eigenvalue weighted by Crippen LogP contribution is -2.19. The fraction of sp³-hybridized carbons (Fsp3) is 0.150. The van der Waals surface area contributed by atoms with Crippen molar-refractivity contribution in [2.24, 2.45) is 0 Å². The summed E-state index contributed by atoms with van der Waals surface area (Å²) in [5.41, 5.74) is 2.88. The number of rotatable bonds is 5. The van der Waals surface area contributed by atoms with Crippen LogP contribution in [0, 0.1) is 0 Å². The molecule has 2 aromatic heterocycles. The molecule has 130 valence electrons. The van der Waals surface area contributed by atoms with Gasteiger partial charge in [0.1, 0.15) is 5.82 Å². The molecule has 4 rings (SSSR count). The fourth-order valence-electron chi connectivity index (χ4n) is 3.00. The van der Waals surface area contributed by atoms with Crippen LogP contribution in [0.1, 0.15) is 12.5 Å². The highest BCUT2D eigenvalue weighted by Gasteiger charge is 2.15. The average Bonchev–Trinajstić information content (AvgIpc) is 3.07. The molecular weight excluding hydrogens is 346 g/mol. The van der Waals surface area contributed by atoms with E-state index in [1.165, 1.54) is 5.56 Å². The molecule has 26 heavy (non-hydrogen) atoms. The van der Waals surface area contributed by atoms with Gasteiger partial charge in [-0.2, -0.15) is 15.1 Å². The molecule has 0 saturated carbocycles. The number of hydrogen-bond acceptors (Lipinski definition) is 4. The van der Waals surface area contributed by atoms with E-state index in [-0.39, 0.29) is 11.3 Å². The number of hydrogen-bond donors (Lipinski definition) is 1. The first-order valence-corrected chi connectivity index (χ1v) is 8.85.